The molecule has 0 aliphatic carbocycles. The summed E-state index contributed by atoms with van der Waals surface area (Å²) in [5, 5.41) is 0. The van der Waals surface area contributed by atoms with Crippen molar-refractivity contribution in [3.8, 4) is 0 Å². The van der Waals surface area contributed by atoms with Gasteiger partial charge in [-0.2, -0.15) is 12.6 Å². The van der Waals surface area contributed by atoms with Crippen LogP contribution in [0.4, 0.5) is 0 Å². The Morgan fingerprint density at radius 2 is 1.50 bits per heavy atom. The second-order valence-electron chi connectivity index (χ2n) is 0. The molecule has 0 spiro atoms. The van der Waals surface area contributed by atoms with E-state index in [0.29, 0.717) is 0 Å². The predicted octanol–water partition coefficient (Wildman–Crippen LogP) is 1.19. The first-order valence-electron chi connectivity index (χ1n) is 0.576. The molecule has 0 aromatic rings. The van der Waals surface area contributed by atoms with Gasteiger partial charge in [0.1, 0.15) is 0 Å². The van der Waals surface area contributed by atoms with Crippen LogP contribution >= 0.6 is 22.6 Å². The first-order valence-corrected chi connectivity index (χ1v) is 3.63. The third kappa shape index (κ3) is 10.6. The summed E-state index contributed by atoms with van der Waals surface area (Å²) in [4.78, 5) is 0. The Morgan fingerprint density at radius 1 is 1.50 bits per heavy atom. The van der Waals surface area contributed by atoms with Gasteiger partial charge < -0.3 is 0 Å². The van der Waals surface area contributed by atoms with Gasteiger partial charge in [-0.1, -0.05) is 0 Å². The number of rotatable bonds is 0. The normalized spacial score (nSPS) is 3.00. The van der Waals surface area contributed by atoms with Crippen LogP contribution in [0.2, 0.25) is 0 Å². The molecule has 4 heavy (non-hydrogen) atoms. The van der Waals surface area contributed by atoms with Crippen LogP contribution in [0.15, 0.2) is 0 Å². The summed E-state index contributed by atoms with van der Waals surface area (Å²) in [5.74, 6) is 0. The van der Waals surface area contributed by atoms with Crippen molar-refractivity contribution in [2.45, 2.75) is 0 Å². The standard InChI is InChI=1S/CH4S.Pd.S/c1-2;;/h2H,1H3;;. The maximum absolute atomic E-state index is 3.93. The van der Waals surface area contributed by atoms with Gasteiger partial charge in [-0.05, 0) is 6.26 Å². The average molecular weight is 187 g/mol. The van der Waals surface area contributed by atoms with Gasteiger partial charge in [0.2, 0.25) is 0 Å². The summed E-state index contributed by atoms with van der Waals surface area (Å²) in [5.41, 5.74) is 0. The van der Waals surface area contributed by atoms with E-state index >= 15 is 0 Å². The first kappa shape index (κ1) is 8.97. The molecule has 0 unspecified atom stereocenters. The minimum atomic E-state index is 1.69. The fourth-order valence-corrected chi connectivity index (χ4v) is 0. The molecule has 0 heterocycles. The van der Waals surface area contributed by atoms with Crippen molar-refractivity contribution in [2.24, 2.45) is 0 Å². The van der Waals surface area contributed by atoms with Crippen LogP contribution in [0, 0.1) is 0 Å². The zero-order chi connectivity index (χ0) is 4.00. The second-order valence-corrected chi connectivity index (χ2v) is 0. The fourth-order valence-electron chi connectivity index (χ4n) is 0. The maximum atomic E-state index is 3.93. The molecule has 0 aliphatic rings. The van der Waals surface area contributed by atoms with Crippen molar-refractivity contribution in [1.82, 2.24) is 0 Å². The first-order chi connectivity index (χ1) is 2.00. The van der Waals surface area contributed by atoms with Gasteiger partial charge in [-0.25, -0.2) is 0 Å². The van der Waals surface area contributed by atoms with E-state index in [9.17, 15) is 0 Å². The van der Waals surface area contributed by atoms with Crippen LogP contribution in [0.1, 0.15) is 0 Å². The van der Waals surface area contributed by atoms with Crippen LogP contribution in [0.3, 0.4) is 0 Å². The quantitative estimate of drug-likeness (QED) is 0.438. The Bertz CT molecular complexity index is 6.00. The van der Waals surface area contributed by atoms with Crippen molar-refractivity contribution in [2.75, 3.05) is 6.26 Å². The molecule has 0 bridgehead atoms. The molecule has 0 radical (unpaired) electrons. The molecule has 0 atom stereocenters. The number of hydrogen-bond donors (Lipinski definition) is 1. The Labute approximate surface area is 46.3 Å². The van der Waals surface area contributed by atoms with E-state index in [1.165, 1.54) is 0 Å². The van der Waals surface area contributed by atoms with Gasteiger partial charge in [0.25, 0.3) is 0 Å². The van der Waals surface area contributed by atoms with E-state index in [-0.39, 0.29) is 0 Å². The molecule has 0 nitrogen and oxygen atoms in total. The van der Waals surface area contributed by atoms with Crippen LogP contribution in [-0.4, -0.2) is 6.26 Å². The monoisotopic (exact) mass is 186 g/mol. The van der Waals surface area contributed by atoms with Crippen molar-refractivity contribution in [3.63, 3.8) is 0 Å². The molecule has 0 amide bonds. The average Bonchev–Trinajstić information content (AvgIpc) is 1.50. The summed E-state index contributed by atoms with van der Waals surface area (Å²) in [6.45, 7) is 0. The minimum absolute atomic E-state index is 1.69. The third-order valence-electron chi connectivity index (χ3n) is 0. The molecule has 0 aromatic carbocycles. The van der Waals surface area contributed by atoms with Gasteiger partial charge in [0.05, 0.1) is 0 Å². The van der Waals surface area contributed by atoms with E-state index in [2.05, 4.69) is 40.0 Å². The zero-order valence-electron chi connectivity index (χ0n) is 2.17. The topological polar surface area (TPSA) is 0 Å². The van der Waals surface area contributed by atoms with E-state index < -0.39 is 0 Å². The number of hydrogen-bond acceptors (Lipinski definition) is 2. The van der Waals surface area contributed by atoms with Gasteiger partial charge >= 0.3 is 27.4 Å². The SMILES string of the molecule is CS.[S]=[Pd]. The van der Waals surface area contributed by atoms with Crippen molar-refractivity contribution >= 4 is 22.6 Å². The van der Waals surface area contributed by atoms with Crippen LogP contribution in [-0.2, 0) is 17.4 Å². The Kier molecular flexibility index (Phi) is 65.3. The van der Waals surface area contributed by atoms with E-state index in [4.69, 9.17) is 0 Å². The summed E-state index contributed by atoms with van der Waals surface area (Å²) in [7, 11) is 3.93. The summed E-state index contributed by atoms with van der Waals surface area (Å²) >= 11 is 5.86. The molecule has 0 saturated heterocycles. The van der Waals surface area contributed by atoms with Gasteiger partial charge in [0, 0.05) is 0 Å². The second kappa shape index (κ2) is 29.1. The Morgan fingerprint density at radius 3 is 1.50 bits per heavy atom. The molecule has 30 valence electrons. The van der Waals surface area contributed by atoms with Gasteiger partial charge in [-0.15, -0.1) is 0 Å². The molecule has 0 aliphatic heterocycles. The van der Waals surface area contributed by atoms with Crippen molar-refractivity contribution in [3.05, 3.63) is 0 Å². The van der Waals surface area contributed by atoms with E-state index in [1.54, 1.807) is 6.26 Å². The Balaban J connectivity index is 0. The van der Waals surface area contributed by atoms with Crippen LogP contribution < -0.4 is 0 Å². The molecule has 0 N–H and O–H groups in total. The third-order valence-corrected chi connectivity index (χ3v) is 0. The fraction of sp³-hybridized carbons (Fsp3) is 1.00. The predicted molar refractivity (Wildman–Crippen MR) is 22.5 cm³/mol. The van der Waals surface area contributed by atoms with Crippen molar-refractivity contribution in [1.29, 1.82) is 0 Å². The van der Waals surface area contributed by atoms with E-state index in [1.807, 2.05) is 0 Å². The summed E-state index contributed by atoms with van der Waals surface area (Å²) < 4.78 is 0. The van der Waals surface area contributed by atoms with Gasteiger partial charge in [0.15, 0.2) is 0 Å². The van der Waals surface area contributed by atoms with Crippen LogP contribution in [0.25, 0.3) is 0 Å². The molecule has 0 aromatic heterocycles. The molecular formula is CH4PdS2. The summed E-state index contributed by atoms with van der Waals surface area (Å²) in [6.07, 6.45) is 1.69. The zero-order valence-corrected chi connectivity index (χ0v) is 5.44. The van der Waals surface area contributed by atoms with Crippen LogP contribution in [0.5, 0.6) is 0 Å². The molecular weight excluding hydrogens is 183 g/mol. The Hall–Kier alpha value is 1.23. The molecule has 0 saturated carbocycles. The molecule has 0 rings (SSSR count). The van der Waals surface area contributed by atoms with Crippen molar-refractivity contribution < 1.29 is 17.4 Å². The number of thiol groups is 1. The van der Waals surface area contributed by atoms with Gasteiger partial charge in [-0.3, -0.25) is 0 Å². The van der Waals surface area contributed by atoms with E-state index in [0.717, 1.165) is 0 Å². The molecule has 0 fully saturated rings. The summed E-state index contributed by atoms with van der Waals surface area (Å²) in [6, 6.07) is 0. The molecule has 3 heteroatoms.